The van der Waals surface area contributed by atoms with Crippen LogP contribution in [0.15, 0.2) is 36.0 Å². The van der Waals surface area contributed by atoms with Crippen LogP contribution in [-0.4, -0.2) is 92.8 Å². The van der Waals surface area contributed by atoms with Crippen LogP contribution in [0.3, 0.4) is 0 Å². The summed E-state index contributed by atoms with van der Waals surface area (Å²) in [6.45, 7) is 10.7. The minimum Gasteiger partial charge on any atom is -0.469 e. The lowest BCUT2D eigenvalue weighted by Crippen LogP contribution is -2.53. The number of ether oxygens (including phenoxy) is 5. The second-order valence-corrected chi connectivity index (χ2v) is 12.1. The molecule has 1 spiro atoms. The third-order valence-corrected chi connectivity index (χ3v) is 7.87. The van der Waals surface area contributed by atoms with Crippen molar-refractivity contribution in [1.82, 2.24) is 10.2 Å². The first kappa shape index (κ1) is 32.8. The van der Waals surface area contributed by atoms with Gasteiger partial charge >= 0.3 is 12.1 Å². The molecule has 0 aromatic heterocycles. The van der Waals surface area contributed by atoms with Crippen LogP contribution in [0.2, 0.25) is 0 Å². The summed E-state index contributed by atoms with van der Waals surface area (Å²) in [4.78, 5) is 38.0. The molecular weight excluding hydrogens is 528 g/mol. The van der Waals surface area contributed by atoms with E-state index in [2.05, 4.69) is 18.3 Å². The van der Waals surface area contributed by atoms with E-state index in [1.54, 1.807) is 20.2 Å². The van der Waals surface area contributed by atoms with Crippen molar-refractivity contribution in [3.63, 3.8) is 0 Å². The van der Waals surface area contributed by atoms with Gasteiger partial charge in [0.15, 0.2) is 6.10 Å². The van der Waals surface area contributed by atoms with E-state index in [0.29, 0.717) is 18.9 Å². The topological polar surface area (TPSA) is 116 Å². The number of amides is 2. The first-order valence-electron chi connectivity index (χ1n) is 14.6. The average Bonchev–Trinajstić information content (AvgIpc) is 3.68. The smallest absolute Gasteiger partial charge is 0.409 e. The molecule has 3 saturated heterocycles. The van der Waals surface area contributed by atoms with Crippen LogP contribution >= 0.6 is 0 Å². The minimum absolute atomic E-state index is 0.0278. The normalized spacial score (nSPS) is 33.8. The maximum atomic E-state index is 12.4. The lowest BCUT2D eigenvalue weighted by atomic mass is 9.87. The second kappa shape index (κ2) is 14.5. The highest BCUT2D eigenvalue weighted by Crippen LogP contribution is 2.45. The van der Waals surface area contributed by atoms with Crippen LogP contribution in [0.25, 0.3) is 0 Å². The number of carbonyl (C=O) groups excluding carboxylic acids is 3. The SMILES string of the molecule is COC(=O)C[C@@H]1C[C@@]2(CO2)[C@H](OC(=O)N(C)C)[C@@H](/C=C/C(C)=C/C[C@@H]2O[C@H](C)[C@H](NC(=O)/C=C\C(C)C)C[C@@H]2C)O1. The van der Waals surface area contributed by atoms with E-state index in [-0.39, 0.29) is 42.5 Å². The van der Waals surface area contributed by atoms with Crippen molar-refractivity contribution in [3.05, 3.63) is 36.0 Å². The largest absolute Gasteiger partial charge is 0.469 e. The van der Waals surface area contributed by atoms with E-state index >= 15 is 0 Å². The monoisotopic (exact) mass is 576 g/mol. The first-order chi connectivity index (χ1) is 19.3. The Morgan fingerprint density at radius 2 is 1.85 bits per heavy atom. The van der Waals surface area contributed by atoms with Gasteiger partial charge in [0.05, 0.1) is 44.5 Å². The zero-order valence-corrected chi connectivity index (χ0v) is 25.8. The fourth-order valence-electron chi connectivity index (χ4n) is 5.28. The van der Waals surface area contributed by atoms with Crippen molar-refractivity contribution >= 4 is 18.0 Å². The number of hydrogen-bond donors (Lipinski definition) is 1. The van der Waals surface area contributed by atoms with Gasteiger partial charge in [0.25, 0.3) is 0 Å². The molecule has 3 fully saturated rings. The van der Waals surface area contributed by atoms with E-state index in [9.17, 15) is 14.4 Å². The molecule has 0 aliphatic carbocycles. The van der Waals surface area contributed by atoms with Crippen molar-refractivity contribution in [2.75, 3.05) is 27.8 Å². The number of nitrogens with one attached hydrogen (secondary N) is 1. The molecule has 0 aromatic rings. The van der Waals surface area contributed by atoms with Crippen LogP contribution < -0.4 is 5.32 Å². The molecule has 8 atom stereocenters. The summed E-state index contributed by atoms with van der Waals surface area (Å²) < 4.78 is 29.0. The number of methoxy groups -OCH3 is 1. The molecule has 1 N–H and O–H groups in total. The summed E-state index contributed by atoms with van der Waals surface area (Å²) in [5.41, 5.74) is 0.331. The summed E-state index contributed by atoms with van der Waals surface area (Å²) in [5.74, 6) is 0.137. The number of carbonyl (C=O) groups is 3. The van der Waals surface area contributed by atoms with Gasteiger partial charge in [0, 0.05) is 20.5 Å². The average molecular weight is 577 g/mol. The van der Waals surface area contributed by atoms with Gasteiger partial charge in [-0.1, -0.05) is 50.6 Å². The lowest BCUT2D eigenvalue weighted by Gasteiger charge is -2.39. The highest BCUT2D eigenvalue weighted by Gasteiger charge is 2.61. The Kier molecular flexibility index (Phi) is 11.6. The number of allylic oxidation sites excluding steroid dienone is 3. The van der Waals surface area contributed by atoms with Gasteiger partial charge in [-0.3, -0.25) is 9.59 Å². The Labute approximate surface area is 244 Å². The van der Waals surface area contributed by atoms with E-state index in [1.807, 2.05) is 45.9 Å². The Hall–Kier alpha value is -2.69. The number of rotatable bonds is 10. The second-order valence-electron chi connectivity index (χ2n) is 12.1. The third kappa shape index (κ3) is 9.41. The first-order valence-corrected chi connectivity index (χ1v) is 14.6. The maximum absolute atomic E-state index is 12.4. The van der Waals surface area contributed by atoms with Crippen LogP contribution in [0, 0.1) is 11.8 Å². The standard InChI is InChI=1S/C31H48N2O8/c1-19(2)9-14-27(34)32-24-15-21(4)25(39-22(24)5)12-10-20(3)11-13-26-29(41-30(36)33(6)7)31(18-38-31)17-23(40-26)16-28(35)37-8/h9-11,13-14,19,21-26,29H,12,15-18H2,1-8H3,(H,32,34)/b13-11+,14-9-,20-10+/t21-,22+,23+,24+,25-,26+,29+,31+/m0/s1. The van der Waals surface area contributed by atoms with Gasteiger partial charge in [-0.05, 0) is 44.6 Å². The summed E-state index contributed by atoms with van der Waals surface area (Å²) in [6.07, 6.45) is 9.34. The van der Waals surface area contributed by atoms with Gasteiger partial charge in [-0.15, -0.1) is 0 Å². The zero-order valence-electron chi connectivity index (χ0n) is 25.8. The molecule has 3 aliphatic rings. The van der Waals surface area contributed by atoms with E-state index in [0.717, 1.165) is 18.4 Å². The van der Waals surface area contributed by atoms with Gasteiger partial charge in [0.2, 0.25) is 5.91 Å². The number of nitrogens with zero attached hydrogens (tertiary/aromatic N) is 1. The molecule has 3 rings (SSSR count). The number of epoxide rings is 1. The molecule has 0 bridgehead atoms. The third-order valence-electron chi connectivity index (χ3n) is 7.87. The molecular formula is C31H48N2O8. The molecule has 10 nitrogen and oxygen atoms in total. The zero-order chi connectivity index (χ0) is 30.3. The highest BCUT2D eigenvalue weighted by molar-refractivity contribution is 5.87. The van der Waals surface area contributed by atoms with Crippen LogP contribution in [0.4, 0.5) is 4.79 Å². The highest BCUT2D eigenvalue weighted by atomic mass is 16.7. The molecule has 2 amide bonds. The molecule has 41 heavy (non-hydrogen) atoms. The summed E-state index contributed by atoms with van der Waals surface area (Å²) in [7, 11) is 4.60. The van der Waals surface area contributed by atoms with Gasteiger partial charge in [-0.25, -0.2) is 4.79 Å². The van der Waals surface area contributed by atoms with Crippen LogP contribution in [-0.2, 0) is 33.3 Å². The van der Waals surface area contributed by atoms with Crippen molar-refractivity contribution in [3.8, 4) is 0 Å². The van der Waals surface area contributed by atoms with Crippen LogP contribution in [0.5, 0.6) is 0 Å². The molecule has 0 aromatic carbocycles. The van der Waals surface area contributed by atoms with E-state index in [4.69, 9.17) is 23.7 Å². The summed E-state index contributed by atoms with van der Waals surface area (Å²) >= 11 is 0. The van der Waals surface area contributed by atoms with Crippen LogP contribution in [0.1, 0.15) is 60.3 Å². The lowest BCUT2D eigenvalue weighted by molar-refractivity contribution is -0.158. The van der Waals surface area contributed by atoms with E-state index < -0.39 is 30.0 Å². The van der Waals surface area contributed by atoms with Gasteiger partial charge in [-0.2, -0.15) is 0 Å². The van der Waals surface area contributed by atoms with Gasteiger partial charge in [0.1, 0.15) is 11.7 Å². The molecule has 3 heterocycles. The Morgan fingerprint density at radius 1 is 1.15 bits per heavy atom. The van der Waals surface area contributed by atoms with Crippen molar-refractivity contribution in [1.29, 1.82) is 0 Å². The molecule has 10 heteroatoms. The summed E-state index contributed by atoms with van der Waals surface area (Å²) in [6, 6.07) is -0.0318. The fourth-order valence-corrected chi connectivity index (χ4v) is 5.28. The Balaban J connectivity index is 1.63. The maximum Gasteiger partial charge on any atom is 0.409 e. The fraction of sp³-hybridized carbons (Fsp3) is 0.710. The molecule has 0 unspecified atom stereocenters. The predicted octanol–water partition coefficient (Wildman–Crippen LogP) is 3.95. The molecule has 230 valence electrons. The Bertz CT molecular complexity index is 1020. The quantitative estimate of drug-likeness (QED) is 0.180. The van der Waals surface area contributed by atoms with Crippen molar-refractivity contribution in [2.45, 2.75) is 102 Å². The molecule has 3 aliphatic heterocycles. The summed E-state index contributed by atoms with van der Waals surface area (Å²) in [5, 5.41) is 3.08. The van der Waals surface area contributed by atoms with E-state index in [1.165, 1.54) is 12.0 Å². The Morgan fingerprint density at radius 3 is 2.46 bits per heavy atom. The number of hydrogen-bond acceptors (Lipinski definition) is 8. The predicted molar refractivity (Wildman–Crippen MR) is 154 cm³/mol. The minimum atomic E-state index is -0.673. The van der Waals surface area contributed by atoms with Crippen molar-refractivity contribution in [2.24, 2.45) is 11.8 Å². The number of esters is 1. The molecule has 0 saturated carbocycles. The van der Waals surface area contributed by atoms with Gasteiger partial charge < -0.3 is 33.9 Å². The van der Waals surface area contributed by atoms with Crippen molar-refractivity contribution < 1.29 is 38.1 Å². The molecule has 0 radical (unpaired) electrons.